The summed E-state index contributed by atoms with van der Waals surface area (Å²) in [7, 11) is 0. The van der Waals surface area contributed by atoms with Crippen LogP contribution in [0.1, 0.15) is 94.0 Å². The van der Waals surface area contributed by atoms with Crippen LogP contribution in [-0.2, 0) is 6.42 Å². The van der Waals surface area contributed by atoms with Gasteiger partial charge in [-0.25, -0.2) is 0 Å². The van der Waals surface area contributed by atoms with E-state index in [1.165, 1.54) is 65.6 Å². The monoisotopic (exact) mass is 472 g/mol. The van der Waals surface area contributed by atoms with Crippen molar-refractivity contribution in [2.24, 2.45) is 5.73 Å². The number of nitrogens with one attached hydrogen (secondary N) is 3. The Morgan fingerprint density at radius 3 is 2.69 bits per heavy atom. The number of rotatable bonds is 10. The van der Waals surface area contributed by atoms with Gasteiger partial charge in [0, 0.05) is 36.1 Å². The fraction of sp³-hybridized carbons (Fsp3) is 0.484. The van der Waals surface area contributed by atoms with Gasteiger partial charge in [-0.15, -0.1) is 0 Å². The SMILES string of the molecule is CCCC/C(=C\CNC1CCC1)c1ccc2c(c1)C(Nc1cccc(CC)c1)CCN/C2=C(/C)N. The molecule has 0 amide bonds. The van der Waals surface area contributed by atoms with Crippen LogP contribution in [0.15, 0.2) is 54.2 Å². The van der Waals surface area contributed by atoms with E-state index in [1.807, 2.05) is 6.92 Å². The fourth-order valence-corrected chi connectivity index (χ4v) is 5.15. The van der Waals surface area contributed by atoms with E-state index in [0.29, 0.717) is 6.04 Å². The molecule has 1 atom stereocenters. The van der Waals surface area contributed by atoms with E-state index in [4.69, 9.17) is 5.73 Å². The molecule has 1 saturated carbocycles. The molecule has 2 aromatic rings. The molecule has 1 heterocycles. The molecule has 1 aliphatic heterocycles. The van der Waals surface area contributed by atoms with E-state index < -0.39 is 0 Å². The highest BCUT2D eigenvalue weighted by Gasteiger charge is 2.23. The van der Waals surface area contributed by atoms with Crippen molar-refractivity contribution < 1.29 is 0 Å². The smallest absolute Gasteiger partial charge is 0.0605 e. The van der Waals surface area contributed by atoms with E-state index in [9.17, 15) is 0 Å². The summed E-state index contributed by atoms with van der Waals surface area (Å²) in [5, 5.41) is 11.2. The third-order valence-electron chi connectivity index (χ3n) is 7.53. The molecule has 0 bridgehead atoms. The highest BCUT2D eigenvalue weighted by atomic mass is 15.0. The molecule has 0 saturated heterocycles. The Bertz CT molecular complexity index is 1040. The number of hydrogen-bond acceptors (Lipinski definition) is 4. The molecule has 4 heteroatoms. The summed E-state index contributed by atoms with van der Waals surface area (Å²) in [6.45, 7) is 8.33. The molecule has 4 nitrogen and oxygen atoms in total. The van der Waals surface area contributed by atoms with Crippen molar-refractivity contribution in [2.45, 2.75) is 84.2 Å². The number of anilines is 1. The molecular formula is C31H44N4. The summed E-state index contributed by atoms with van der Waals surface area (Å²) in [5.41, 5.74) is 16.2. The third kappa shape index (κ3) is 6.49. The molecule has 2 aromatic carbocycles. The Kier molecular flexibility index (Phi) is 8.92. The summed E-state index contributed by atoms with van der Waals surface area (Å²) in [6, 6.07) is 16.8. The van der Waals surface area contributed by atoms with Gasteiger partial charge < -0.3 is 21.7 Å². The summed E-state index contributed by atoms with van der Waals surface area (Å²) in [5.74, 6) is 0. The third-order valence-corrected chi connectivity index (χ3v) is 7.53. The summed E-state index contributed by atoms with van der Waals surface area (Å²) >= 11 is 0. The minimum Gasteiger partial charge on any atom is -0.401 e. The molecule has 0 radical (unpaired) electrons. The molecule has 1 aliphatic carbocycles. The largest absolute Gasteiger partial charge is 0.401 e. The Labute approximate surface area is 212 Å². The second-order valence-electron chi connectivity index (χ2n) is 10.2. The van der Waals surface area contributed by atoms with E-state index in [-0.39, 0.29) is 6.04 Å². The van der Waals surface area contributed by atoms with Crippen LogP contribution in [0.25, 0.3) is 11.3 Å². The second-order valence-corrected chi connectivity index (χ2v) is 10.2. The van der Waals surface area contributed by atoms with Crippen molar-refractivity contribution in [1.82, 2.24) is 10.6 Å². The van der Waals surface area contributed by atoms with Crippen LogP contribution in [-0.4, -0.2) is 19.1 Å². The van der Waals surface area contributed by atoms with E-state index in [2.05, 4.69) is 78.3 Å². The Hall–Kier alpha value is -2.72. The Balaban J connectivity index is 1.68. The maximum atomic E-state index is 6.34. The van der Waals surface area contributed by atoms with Gasteiger partial charge in [0.2, 0.25) is 0 Å². The topological polar surface area (TPSA) is 62.1 Å². The van der Waals surface area contributed by atoms with Crippen molar-refractivity contribution in [3.05, 3.63) is 76.5 Å². The number of fused-ring (bicyclic) bond motifs is 1. The zero-order chi connectivity index (χ0) is 24.6. The molecule has 1 fully saturated rings. The lowest BCUT2D eigenvalue weighted by Crippen LogP contribution is -2.35. The van der Waals surface area contributed by atoms with E-state index >= 15 is 0 Å². The van der Waals surface area contributed by atoms with Crippen molar-refractivity contribution in [1.29, 1.82) is 0 Å². The van der Waals surface area contributed by atoms with E-state index in [0.717, 1.165) is 43.7 Å². The first-order chi connectivity index (χ1) is 17.1. The molecule has 0 aromatic heterocycles. The maximum Gasteiger partial charge on any atom is 0.0605 e. The highest BCUT2D eigenvalue weighted by Crippen LogP contribution is 2.35. The molecule has 35 heavy (non-hydrogen) atoms. The van der Waals surface area contributed by atoms with Crippen LogP contribution in [0.3, 0.4) is 0 Å². The van der Waals surface area contributed by atoms with Crippen LogP contribution in [0.4, 0.5) is 5.69 Å². The summed E-state index contributed by atoms with van der Waals surface area (Å²) in [6.07, 6.45) is 12.0. The van der Waals surface area contributed by atoms with Crippen LogP contribution in [0.2, 0.25) is 0 Å². The lowest BCUT2D eigenvalue weighted by atomic mass is 9.90. The highest BCUT2D eigenvalue weighted by molar-refractivity contribution is 5.75. The average Bonchev–Trinajstić information content (AvgIpc) is 3.02. The zero-order valence-electron chi connectivity index (χ0n) is 21.9. The van der Waals surface area contributed by atoms with Crippen LogP contribution in [0.5, 0.6) is 0 Å². The number of nitrogens with two attached hydrogens (primary N) is 1. The van der Waals surface area contributed by atoms with Crippen molar-refractivity contribution >= 4 is 17.0 Å². The first-order valence-corrected chi connectivity index (χ1v) is 13.7. The Morgan fingerprint density at radius 1 is 1.11 bits per heavy atom. The van der Waals surface area contributed by atoms with E-state index in [1.54, 1.807) is 0 Å². The van der Waals surface area contributed by atoms with Crippen molar-refractivity contribution in [3.63, 3.8) is 0 Å². The molecule has 4 rings (SSSR count). The molecule has 2 aliphatic rings. The standard InChI is InChI=1S/C31H44N4/c1-4-6-10-24(16-18-33-26-11-8-12-26)25-14-15-28-29(21-25)30(17-19-34-31(28)22(3)32)35-27-13-7-9-23(5-2)20-27/h7,9,13-16,20-21,26,30,33-35H,4-6,8,10-12,17-19,32H2,1-3H3/b24-16+,31-22-. The van der Waals surface area contributed by atoms with Crippen molar-refractivity contribution in [3.8, 4) is 0 Å². The molecule has 5 N–H and O–H groups in total. The minimum absolute atomic E-state index is 0.224. The average molecular weight is 473 g/mol. The first-order valence-electron chi connectivity index (χ1n) is 13.7. The van der Waals surface area contributed by atoms with Crippen LogP contribution >= 0.6 is 0 Å². The second kappa shape index (κ2) is 12.3. The predicted octanol–water partition coefficient (Wildman–Crippen LogP) is 6.76. The fourth-order valence-electron chi connectivity index (χ4n) is 5.15. The van der Waals surface area contributed by atoms with Gasteiger partial charge in [0.25, 0.3) is 0 Å². The predicted molar refractivity (Wildman–Crippen MR) is 151 cm³/mol. The lowest BCUT2D eigenvalue weighted by Gasteiger charge is -2.26. The van der Waals surface area contributed by atoms with Gasteiger partial charge in [-0.1, -0.05) is 57.0 Å². The normalized spacial score (nSPS) is 19.9. The minimum atomic E-state index is 0.224. The maximum absolute atomic E-state index is 6.34. The van der Waals surface area contributed by atoms with Crippen molar-refractivity contribution in [2.75, 3.05) is 18.4 Å². The summed E-state index contributed by atoms with van der Waals surface area (Å²) in [4.78, 5) is 0. The number of benzene rings is 2. The quantitative estimate of drug-likeness (QED) is 0.309. The van der Waals surface area contributed by atoms with Gasteiger partial charge in [0.1, 0.15) is 0 Å². The van der Waals surface area contributed by atoms with Gasteiger partial charge in [0.05, 0.1) is 11.7 Å². The lowest BCUT2D eigenvalue weighted by molar-refractivity contribution is 0.351. The number of aryl methyl sites for hydroxylation is 1. The van der Waals surface area contributed by atoms with Gasteiger partial charge >= 0.3 is 0 Å². The van der Waals surface area contributed by atoms with Gasteiger partial charge in [-0.2, -0.15) is 0 Å². The number of unbranched alkanes of at least 4 members (excludes halogenated alkanes) is 1. The zero-order valence-corrected chi connectivity index (χ0v) is 21.9. The number of hydrogen-bond donors (Lipinski definition) is 4. The number of allylic oxidation sites excluding steroid dienone is 2. The van der Waals surface area contributed by atoms with Gasteiger partial charge in [-0.3, -0.25) is 0 Å². The van der Waals surface area contributed by atoms with Gasteiger partial charge in [0.15, 0.2) is 0 Å². The molecular weight excluding hydrogens is 428 g/mol. The molecule has 1 unspecified atom stereocenters. The molecule has 0 spiro atoms. The Morgan fingerprint density at radius 2 is 1.97 bits per heavy atom. The first kappa shape index (κ1) is 25.4. The van der Waals surface area contributed by atoms with Gasteiger partial charge in [-0.05, 0) is 85.9 Å². The van der Waals surface area contributed by atoms with Crippen LogP contribution < -0.4 is 21.7 Å². The summed E-state index contributed by atoms with van der Waals surface area (Å²) < 4.78 is 0. The van der Waals surface area contributed by atoms with Crippen LogP contribution in [0, 0.1) is 0 Å². The molecule has 188 valence electrons.